The second kappa shape index (κ2) is 6.78. The zero-order chi connectivity index (χ0) is 21.2. The van der Waals surface area contributed by atoms with E-state index >= 15 is 0 Å². The molecule has 150 valence electrons. The van der Waals surface area contributed by atoms with E-state index in [1.54, 1.807) is 30.3 Å². The molecule has 0 fully saturated rings. The molecule has 0 saturated carbocycles. The van der Waals surface area contributed by atoms with Gasteiger partial charge in [-0.2, -0.15) is 0 Å². The van der Waals surface area contributed by atoms with Crippen LogP contribution >= 0.6 is 27.3 Å². The monoisotopic (exact) mass is 482 g/mol. The number of fused-ring (bicyclic) bond motifs is 2. The molecule has 3 heterocycles. The number of amides is 1. The molecule has 6 nitrogen and oxygen atoms in total. The zero-order valence-electron chi connectivity index (χ0n) is 16.0. The van der Waals surface area contributed by atoms with E-state index in [1.807, 2.05) is 13.8 Å². The van der Waals surface area contributed by atoms with Crippen molar-refractivity contribution in [1.29, 1.82) is 0 Å². The summed E-state index contributed by atoms with van der Waals surface area (Å²) in [6, 6.07) is 10.9. The fourth-order valence-electron chi connectivity index (χ4n) is 3.67. The van der Waals surface area contributed by atoms with Gasteiger partial charge in [0, 0.05) is 9.35 Å². The van der Waals surface area contributed by atoms with Crippen molar-refractivity contribution in [3.05, 3.63) is 84.6 Å². The zero-order valence-corrected chi connectivity index (χ0v) is 18.4. The number of rotatable bonds is 2. The minimum atomic E-state index is -0.697. The van der Waals surface area contributed by atoms with Crippen molar-refractivity contribution in [2.75, 3.05) is 4.90 Å². The van der Waals surface area contributed by atoms with Crippen LogP contribution in [0.15, 0.2) is 56.1 Å². The van der Waals surface area contributed by atoms with Gasteiger partial charge in [-0.1, -0.05) is 28.1 Å². The number of halogens is 1. The third kappa shape index (κ3) is 2.79. The number of benzene rings is 2. The smallest absolute Gasteiger partial charge is 0.297 e. The lowest BCUT2D eigenvalue weighted by Gasteiger charge is -2.22. The van der Waals surface area contributed by atoms with E-state index in [9.17, 15) is 14.7 Å². The van der Waals surface area contributed by atoms with Gasteiger partial charge in [0.1, 0.15) is 11.3 Å². The summed E-state index contributed by atoms with van der Waals surface area (Å²) in [5.74, 6) is -0.276. The fraction of sp³-hybridized carbons (Fsp3) is 0.136. The number of phenolic OH excluding ortho intramolecular Hbond substituents is 1. The molecule has 1 atom stereocenters. The topological polar surface area (TPSA) is 83.6 Å². The third-order valence-corrected chi connectivity index (χ3v) is 6.83. The number of aryl methyl sites for hydroxylation is 2. The second-order valence-electron chi connectivity index (χ2n) is 7.12. The molecule has 0 radical (unpaired) electrons. The van der Waals surface area contributed by atoms with Crippen molar-refractivity contribution in [2.45, 2.75) is 19.9 Å². The number of aromatic nitrogens is 1. The van der Waals surface area contributed by atoms with E-state index in [2.05, 4.69) is 20.9 Å². The highest BCUT2D eigenvalue weighted by atomic mass is 79.9. The van der Waals surface area contributed by atoms with Gasteiger partial charge in [-0.15, -0.1) is 11.3 Å². The first-order valence-corrected chi connectivity index (χ1v) is 10.8. The first-order chi connectivity index (χ1) is 14.3. The van der Waals surface area contributed by atoms with Crippen molar-refractivity contribution in [3.8, 4) is 5.75 Å². The Morgan fingerprint density at radius 1 is 1.13 bits per heavy atom. The number of hydrogen-bond donors (Lipinski definition) is 1. The highest BCUT2D eigenvalue weighted by Crippen LogP contribution is 2.43. The van der Waals surface area contributed by atoms with Gasteiger partial charge in [-0.05, 0) is 49.7 Å². The van der Waals surface area contributed by atoms with Gasteiger partial charge in [-0.3, -0.25) is 14.5 Å². The van der Waals surface area contributed by atoms with E-state index in [0.717, 1.165) is 15.0 Å². The summed E-state index contributed by atoms with van der Waals surface area (Å²) in [5, 5.41) is 10.6. The minimum Gasteiger partial charge on any atom is -0.508 e. The molecule has 0 spiro atoms. The molecular weight excluding hydrogens is 468 g/mol. The Balaban J connectivity index is 1.82. The van der Waals surface area contributed by atoms with Crippen LogP contribution in [-0.4, -0.2) is 16.0 Å². The highest BCUT2D eigenvalue weighted by molar-refractivity contribution is 9.10. The number of phenols is 1. The van der Waals surface area contributed by atoms with Crippen LogP contribution in [0, 0.1) is 13.8 Å². The van der Waals surface area contributed by atoms with Gasteiger partial charge in [0.2, 0.25) is 5.76 Å². The Kier molecular flexibility index (Phi) is 4.30. The normalized spacial score (nSPS) is 15.8. The molecule has 4 aromatic rings. The van der Waals surface area contributed by atoms with E-state index in [1.165, 1.54) is 28.4 Å². The molecule has 1 amide bonds. The van der Waals surface area contributed by atoms with Crippen molar-refractivity contribution in [2.24, 2.45) is 0 Å². The van der Waals surface area contributed by atoms with E-state index in [4.69, 9.17) is 4.42 Å². The predicted octanol–water partition coefficient (Wildman–Crippen LogP) is 5.08. The lowest BCUT2D eigenvalue weighted by molar-refractivity contribution is 0.0971. The Morgan fingerprint density at radius 2 is 1.87 bits per heavy atom. The molecule has 0 bridgehead atoms. The maximum Gasteiger partial charge on any atom is 0.297 e. The van der Waals surface area contributed by atoms with Crippen molar-refractivity contribution in [3.63, 3.8) is 0 Å². The molecule has 5 rings (SSSR count). The number of anilines is 1. The van der Waals surface area contributed by atoms with Crippen LogP contribution in [0.25, 0.3) is 11.0 Å². The summed E-state index contributed by atoms with van der Waals surface area (Å²) in [5.41, 5.74) is 1.89. The van der Waals surface area contributed by atoms with Gasteiger partial charge in [0.25, 0.3) is 5.91 Å². The molecule has 0 aliphatic carbocycles. The summed E-state index contributed by atoms with van der Waals surface area (Å²) < 4.78 is 6.68. The maximum atomic E-state index is 13.5. The van der Waals surface area contributed by atoms with Gasteiger partial charge < -0.3 is 9.52 Å². The van der Waals surface area contributed by atoms with Crippen molar-refractivity contribution in [1.82, 2.24) is 4.98 Å². The average Bonchev–Trinajstić information content (AvgIpc) is 3.20. The van der Waals surface area contributed by atoms with Crippen LogP contribution in [0.5, 0.6) is 5.75 Å². The van der Waals surface area contributed by atoms with Gasteiger partial charge >= 0.3 is 0 Å². The number of carbonyl (C=O) groups excluding carboxylic acids is 1. The molecule has 1 aliphatic heterocycles. The number of carbonyl (C=O) groups is 1. The van der Waals surface area contributed by atoms with Gasteiger partial charge in [0.05, 0.1) is 22.7 Å². The highest BCUT2D eigenvalue weighted by Gasteiger charge is 2.45. The Hall–Kier alpha value is -2.97. The number of thiazole rings is 1. The predicted molar refractivity (Wildman–Crippen MR) is 119 cm³/mol. The summed E-state index contributed by atoms with van der Waals surface area (Å²) in [6.45, 7) is 3.82. The lowest BCUT2D eigenvalue weighted by atomic mass is 9.98. The van der Waals surface area contributed by atoms with E-state index < -0.39 is 11.9 Å². The first kappa shape index (κ1) is 19.0. The second-order valence-corrected chi connectivity index (χ2v) is 9.22. The number of nitrogens with zero attached hydrogens (tertiary/aromatic N) is 2. The van der Waals surface area contributed by atoms with E-state index in [0.29, 0.717) is 21.7 Å². The molecule has 1 unspecified atom stereocenters. The van der Waals surface area contributed by atoms with Crippen molar-refractivity contribution >= 4 is 49.3 Å². The summed E-state index contributed by atoms with van der Waals surface area (Å²) in [7, 11) is 0. The van der Waals surface area contributed by atoms with Gasteiger partial charge in [-0.25, -0.2) is 4.98 Å². The van der Waals surface area contributed by atoms with Crippen LogP contribution < -0.4 is 10.3 Å². The Morgan fingerprint density at radius 3 is 2.53 bits per heavy atom. The van der Waals surface area contributed by atoms with E-state index in [-0.39, 0.29) is 22.5 Å². The summed E-state index contributed by atoms with van der Waals surface area (Å²) >= 11 is 4.79. The molecule has 1 aliphatic rings. The molecule has 2 aromatic carbocycles. The van der Waals surface area contributed by atoms with Crippen LogP contribution in [0.4, 0.5) is 5.13 Å². The molecular formula is C22H15BrN2O4S. The Bertz CT molecular complexity index is 1370. The van der Waals surface area contributed by atoms with Crippen LogP contribution in [0.3, 0.4) is 0 Å². The summed E-state index contributed by atoms with van der Waals surface area (Å²) in [6.07, 6.45) is 0. The number of hydrogen-bond acceptors (Lipinski definition) is 6. The standard InChI is InChI=1S/C22H15BrN2O4S/c1-10-11(2)30-22(24-10)25-18(12-3-6-14(26)7-4-12)17-19(27)15-9-13(23)5-8-16(15)29-20(17)21(25)28/h3-9,18,26H,1-2H3. The van der Waals surface area contributed by atoms with Crippen LogP contribution in [-0.2, 0) is 0 Å². The van der Waals surface area contributed by atoms with Crippen LogP contribution in [0.2, 0.25) is 0 Å². The molecule has 8 heteroatoms. The largest absolute Gasteiger partial charge is 0.508 e. The Labute approximate surface area is 183 Å². The fourth-order valence-corrected chi connectivity index (χ4v) is 4.97. The molecule has 0 saturated heterocycles. The first-order valence-electron chi connectivity index (χ1n) is 9.18. The summed E-state index contributed by atoms with van der Waals surface area (Å²) in [4.78, 5) is 34.0. The molecule has 2 aromatic heterocycles. The van der Waals surface area contributed by atoms with Gasteiger partial charge in [0.15, 0.2) is 10.6 Å². The quantitative estimate of drug-likeness (QED) is 0.430. The number of aromatic hydroxyl groups is 1. The average molecular weight is 483 g/mol. The lowest BCUT2D eigenvalue weighted by Crippen LogP contribution is -2.29. The minimum absolute atomic E-state index is 0.0263. The third-order valence-electron chi connectivity index (χ3n) is 5.26. The molecule has 1 N–H and O–H groups in total. The maximum absolute atomic E-state index is 13.5. The van der Waals surface area contributed by atoms with Crippen molar-refractivity contribution < 1.29 is 14.3 Å². The van der Waals surface area contributed by atoms with Crippen LogP contribution in [0.1, 0.15) is 38.3 Å². The SMILES string of the molecule is Cc1nc(N2C(=O)c3oc4ccc(Br)cc4c(=O)c3C2c2ccc(O)cc2)sc1C. The molecule has 30 heavy (non-hydrogen) atoms.